The smallest absolute Gasteiger partial charge is 0.335 e. The van der Waals surface area contributed by atoms with E-state index in [0.29, 0.717) is 23.0 Å². The normalized spacial score (nSPS) is 17.7. The Morgan fingerprint density at radius 2 is 2.06 bits per heavy atom. The van der Waals surface area contributed by atoms with Crippen molar-refractivity contribution in [2.45, 2.75) is 58.3 Å². The van der Waals surface area contributed by atoms with E-state index in [4.69, 9.17) is 9.47 Å². The number of ether oxygens (including phenoxy) is 2. The van der Waals surface area contributed by atoms with E-state index < -0.39 is 35.2 Å². The van der Waals surface area contributed by atoms with E-state index in [1.165, 1.54) is 6.20 Å². The van der Waals surface area contributed by atoms with E-state index >= 15 is 0 Å². The molecule has 1 aliphatic heterocycles. The number of hydrogen-bond donors (Lipinski definition) is 2. The van der Waals surface area contributed by atoms with Gasteiger partial charge in [-0.2, -0.15) is 5.10 Å². The Morgan fingerprint density at radius 1 is 1.31 bits per heavy atom. The molecule has 2 N–H and O–H groups in total. The van der Waals surface area contributed by atoms with Gasteiger partial charge < -0.3 is 14.8 Å². The van der Waals surface area contributed by atoms with Crippen LogP contribution in [0.25, 0.3) is 10.8 Å². The highest BCUT2D eigenvalue weighted by Crippen LogP contribution is 2.22. The lowest BCUT2D eigenvalue weighted by molar-refractivity contribution is -0.167. The highest BCUT2D eigenvalue weighted by Gasteiger charge is 2.30. The third kappa shape index (κ3) is 5.50. The van der Waals surface area contributed by atoms with Gasteiger partial charge in [0.05, 0.1) is 18.2 Å². The zero-order valence-electron chi connectivity index (χ0n) is 18.6. The van der Waals surface area contributed by atoms with Gasteiger partial charge in [-0.05, 0) is 40.2 Å². The van der Waals surface area contributed by atoms with Crippen LogP contribution in [0.15, 0.2) is 29.2 Å². The predicted octanol–water partition coefficient (Wildman–Crippen LogP) is 1.53. The van der Waals surface area contributed by atoms with E-state index in [-0.39, 0.29) is 25.4 Å². The molecule has 0 radical (unpaired) electrons. The van der Waals surface area contributed by atoms with Crippen LogP contribution in [-0.4, -0.2) is 52.4 Å². The van der Waals surface area contributed by atoms with Crippen molar-refractivity contribution < 1.29 is 23.9 Å². The summed E-state index contributed by atoms with van der Waals surface area (Å²) in [5, 5.41) is 10.5. The maximum Gasteiger partial charge on any atom is 0.335 e. The Kier molecular flexibility index (Phi) is 6.93. The summed E-state index contributed by atoms with van der Waals surface area (Å²) in [4.78, 5) is 48.8. The number of carbonyl (C=O) groups is 3. The summed E-state index contributed by atoms with van der Waals surface area (Å²) >= 11 is 0. The number of imide groups is 1. The second-order valence-corrected chi connectivity index (χ2v) is 8.60. The minimum Gasteiger partial charge on any atom is -0.458 e. The minimum atomic E-state index is -0.837. The maximum atomic E-state index is 13.1. The van der Waals surface area contributed by atoms with Gasteiger partial charge >= 0.3 is 5.97 Å². The maximum absolute atomic E-state index is 13.1. The number of nitrogens with zero attached hydrogens (tertiary/aromatic N) is 2. The fourth-order valence-electron chi connectivity index (χ4n) is 3.37. The Balaban J connectivity index is 1.71. The van der Waals surface area contributed by atoms with Crippen LogP contribution in [0.2, 0.25) is 0 Å². The van der Waals surface area contributed by atoms with Crippen molar-refractivity contribution in [1.82, 2.24) is 15.1 Å². The first-order valence-corrected chi connectivity index (χ1v) is 10.5. The van der Waals surface area contributed by atoms with Gasteiger partial charge in [0.1, 0.15) is 11.6 Å². The number of amides is 2. The monoisotopic (exact) mass is 444 g/mol. The number of hydrogen-bond acceptors (Lipinski definition) is 8. The molecule has 2 unspecified atom stereocenters. The van der Waals surface area contributed by atoms with Gasteiger partial charge in [0, 0.05) is 24.0 Å². The summed E-state index contributed by atoms with van der Waals surface area (Å²) in [6.45, 7) is 7.54. The molecule has 0 spiro atoms. The standard InChI is InChI=1S/C22H28N4O6/c1-13(21(30)32-22(2,3)4)31-11-10-23-15-7-5-6-14-12-24-26(20(29)18(14)15)16-8-9-17(27)25-19(16)28/h5-7,12-13,16,23H,8-11H2,1-4H3,(H,25,27,28). The van der Waals surface area contributed by atoms with Gasteiger partial charge in [-0.25, -0.2) is 9.48 Å². The number of fused-ring (bicyclic) bond motifs is 1. The lowest BCUT2D eigenvalue weighted by Gasteiger charge is -2.22. The Morgan fingerprint density at radius 3 is 2.75 bits per heavy atom. The van der Waals surface area contributed by atoms with Crippen LogP contribution in [0.1, 0.15) is 46.6 Å². The van der Waals surface area contributed by atoms with Crippen molar-refractivity contribution >= 4 is 34.2 Å². The van der Waals surface area contributed by atoms with Gasteiger partial charge in [0.25, 0.3) is 11.5 Å². The minimum absolute atomic E-state index is 0.148. The average molecular weight is 444 g/mol. The van der Waals surface area contributed by atoms with E-state index in [9.17, 15) is 19.2 Å². The fourth-order valence-corrected chi connectivity index (χ4v) is 3.37. The highest BCUT2D eigenvalue weighted by atomic mass is 16.6. The van der Waals surface area contributed by atoms with Crippen molar-refractivity contribution in [3.8, 4) is 0 Å². The molecule has 1 aromatic heterocycles. The second kappa shape index (κ2) is 9.47. The van der Waals surface area contributed by atoms with E-state index in [1.807, 2.05) is 0 Å². The molecule has 1 aliphatic rings. The lowest BCUT2D eigenvalue weighted by atomic mass is 10.1. The number of piperidine rings is 1. The lowest BCUT2D eigenvalue weighted by Crippen LogP contribution is -2.45. The van der Waals surface area contributed by atoms with Crippen LogP contribution in [-0.2, 0) is 23.9 Å². The van der Waals surface area contributed by atoms with Gasteiger partial charge in [0.15, 0.2) is 6.10 Å². The van der Waals surface area contributed by atoms with Crippen LogP contribution in [0, 0.1) is 0 Å². The molecule has 10 heteroatoms. The molecule has 0 aliphatic carbocycles. The number of esters is 1. The SMILES string of the molecule is CC(OCCNc1cccc2cnn(C3CCC(=O)NC3=O)c(=O)c12)C(=O)OC(C)(C)C. The predicted molar refractivity (Wildman–Crippen MR) is 117 cm³/mol. The summed E-state index contributed by atoms with van der Waals surface area (Å²) in [5.41, 5.74) is -0.459. The first kappa shape index (κ1) is 23.4. The Labute approximate surface area is 185 Å². The van der Waals surface area contributed by atoms with E-state index in [0.717, 1.165) is 4.68 Å². The van der Waals surface area contributed by atoms with Crippen LogP contribution < -0.4 is 16.2 Å². The molecule has 2 aromatic rings. The molecule has 1 fully saturated rings. The van der Waals surface area contributed by atoms with Gasteiger partial charge in [0.2, 0.25) is 5.91 Å². The van der Waals surface area contributed by atoms with E-state index in [2.05, 4.69) is 15.7 Å². The summed E-state index contributed by atoms with van der Waals surface area (Å²) in [7, 11) is 0. The van der Waals surface area contributed by atoms with Crippen molar-refractivity contribution in [2.75, 3.05) is 18.5 Å². The molecule has 2 amide bonds. The first-order valence-electron chi connectivity index (χ1n) is 10.5. The van der Waals surface area contributed by atoms with Gasteiger partial charge in [-0.1, -0.05) is 12.1 Å². The van der Waals surface area contributed by atoms with Crippen molar-refractivity contribution in [2.24, 2.45) is 0 Å². The number of rotatable bonds is 7. The number of carbonyl (C=O) groups excluding carboxylic acids is 3. The highest BCUT2D eigenvalue weighted by molar-refractivity contribution is 5.99. The zero-order chi connectivity index (χ0) is 23.5. The molecule has 10 nitrogen and oxygen atoms in total. The summed E-state index contributed by atoms with van der Waals surface area (Å²) in [6, 6.07) is 4.45. The second-order valence-electron chi connectivity index (χ2n) is 8.60. The molecule has 2 heterocycles. The molecule has 0 bridgehead atoms. The summed E-state index contributed by atoms with van der Waals surface area (Å²) in [5.74, 6) is -1.34. The molecule has 1 aromatic carbocycles. The Hall–Kier alpha value is -3.27. The van der Waals surface area contributed by atoms with E-state index in [1.54, 1.807) is 45.9 Å². The van der Waals surface area contributed by atoms with Gasteiger partial charge in [-0.3, -0.25) is 19.7 Å². The molecule has 32 heavy (non-hydrogen) atoms. The van der Waals surface area contributed by atoms with Crippen molar-refractivity contribution in [1.29, 1.82) is 0 Å². The molecular formula is C22H28N4O6. The number of nitrogens with one attached hydrogen (secondary N) is 2. The third-order valence-electron chi connectivity index (χ3n) is 4.87. The number of anilines is 1. The largest absolute Gasteiger partial charge is 0.458 e. The van der Waals surface area contributed by atoms with Crippen LogP contribution in [0.3, 0.4) is 0 Å². The van der Waals surface area contributed by atoms with Crippen LogP contribution in [0.4, 0.5) is 5.69 Å². The quantitative estimate of drug-likeness (QED) is 0.374. The topological polar surface area (TPSA) is 129 Å². The number of aromatic nitrogens is 2. The first-order chi connectivity index (χ1) is 15.1. The fraction of sp³-hybridized carbons (Fsp3) is 0.500. The van der Waals surface area contributed by atoms with Crippen LogP contribution >= 0.6 is 0 Å². The number of benzene rings is 1. The van der Waals surface area contributed by atoms with Crippen molar-refractivity contribution in [3.05, 3.63) is 34.7 Å². The third-order valence-corrected chi connectivity index (χ3v) is 4.87. The summed E-state index contributed by atoms with van der Waals surface area (Å²) < 4.78 is 11.9. The van der Waals surface area contributed by atoms with Crippen molar-refractivity contribution in [3.63, 3.8) is 0 Å². The van der Waals surface area contributed by atoms with Gasteiger partial charge in [-0.15, -0.1) is 0 Å². The molecule has 2 atom stereocenters. The zero-order valence-corrected chi connectivity index (χ0v) is 18.6. The molecule has 3 rings (SSSR count). The molecule has 1 saturated heterocycles. The van der Waals surface area contributed by atoms with Crippen LogP contribution in [0.5, 0.6) is 0 Å². The molecule has 0 saturated carbocycles. The Bertz CT molecular complexity index is 1090. The molecule has 172 valence electrons. The summed E-state index contributed by atoms with van der Waals surface area (Å²) in [6.07, 6.45) is 1.16. The molecular weight excluding hydrogens is 416 g/mol. The average Bonchev–Trinajstić information content (AvgIpc) is 2.70.